The van der Waals surface area contributed by atoms with E-state index in [9.17, 15) is 0 Å². The van der Waals surface area contributed by atoms with Crippen LogP contribution in [0, 0.1) is 0 Å². The van der Waals surface area contributed by atoms with Crippen LogP contribution in [0.5, 0.6) is 0 Å². The van der Waals surface area contributed by atoms with E-state index in [-0.39, 0.29) is 0 Å². The molecule has 0 radical (unpaired) electrons. The molecule has 4 nitrogen and oxygen atoms in total. The van der Waals surface area contributed by atoms with Crippen LogP contribution in [0.4, 0.5) is 17.1 Å². The molecule has 0 bridgehead atoms. The minimum atomic E-state index is 0.694. The Kier molecular flexibility index (Phi) is 7.10. The molecule has 0 amide bonds. The van der Waals surface area contributed by atoms with Gasteiger partial charge in [-0.15, -0.1) is 0 Å². The zero-order valence-electron chi connectivity index (χ0n) is 28.3. The molecule has 0 fully saturated rings. The monoisotopic (exact) mass is 664 g/mol. The third kappa shape index (κ3) is 4.92. The highest BCUT2D eigenvalue weighted by molar-refractivity contribution is 6.13. The van der Waals surface area contributed by atoms with Gasteiger partial charge in [0.15, 0.2) is 5.82 Å². The van der Waals surface area contributed by atoms with Gasteiger partial charge in [-0.3, -0.25) is 0 Å². The van der Waals surface area contributed by atoms with Gasteiger partial charge in [0, 0.05) is 50.1 Å². The predicted molar refractivity (Wildman–Crippen MR) is 214 cm³/mol. The maximum Gasteiger partial charge on any atom is 0.160 e. The summed E-state index contributed by atoms with van der Waals surface area (Å²) in [6, 6.07) is 68.5. The van der Waals surface area contributed by atoms with Gasteiger partial charge in [-0.2, -0.15) is 0 Å². The first-order chi connectivity index (χ1) is 25.8. The molecule has 0 saturated heterocycles. The van der Waals surface area contributed by atoms with Crippen LogP contribution in [0.25, 0.3) is 72.9 Å². The van der Waals surface area contributed by atoms with Crippen LogP contribution < -0.4 is 4.90 Å². The number of para-hydroxylation sites is 4. The number of aromatic nitrogens is 3. The van der Waals surface area contributed by atoms with Crippen molar-refractivity contribution in [2.24, 2.45) is 0 Å². The lowest BCUT2D eigenvalue weighted by Crippen LogP contribution is -2.11. The Morgan fingerprint density at radius 2 is 0.904 bits per heavy atom. The van der Waals surface area contributed by atoms with E-state index in [0.717, 1.165) is 50.8 Å². The standard InChI is InChI=1S/C48H32N4/c1-4-16-33(17-5-1)41-32-42(34-18-6-2-7-19-34)50-48(49-41)35-28-30-37(31-29-35)51-43-25-13-10-22-38(43)46-39-23-11-14-26-44(39)52(36-20-8-3-9-21-36)47(46)40-24-12-15-27-45(40)51/h1-32H. The Morgan fingerprint density at radius 3 is 1.56 bits per heavy atom. The van der Waals surface area contributed by atoms with Gasteiger partial charge in [-0.05, 0) is 60.7 Å². The number of hydrogen-bond donors (Lipinski definition) is 0. The zero-order chi connectivity index (χ0) is 34.4. The summed E-state index contributed by atoms with van der Waals surface area (Å²) < 4.78 is 2.42. The minimum Gasteiger partial charge on any atom is -0.309 e. The molecule has 0 spiro atoms. The van der Waals surface area contributed by atoms with E-state index < -0.39 is 0 Å². The topological polar surface area (TPSA) is 34.0 Å². The van der Waals surface area contributed by atoms with E-state index in [4.69, 9.17) is 9.97 Å². The molecule has 0 atom stereocenters. The second-order valence-corrected chi connectivity index (χ2v) is 13.0. The lowest BCUT2D eigenvalue weighted by atomic mass is 9.98. The highest BCUT2D eigenvalue weighted by Gasteiger charge is 2.31. The summed E-state index contributed by atoms with van der Waals surface area (Å²) in [5, 5.41) is 1.23. The fourth-order valence-corrected chi connectivity index (χ4v) is 7.62. The van der Waals surface area contributed by atoms with Crippen LogP contribution in [0.1, 0.15) is 0 Å². The molecule has 0 aliphatic carbocycles. The smallest absolute Gasteiger partial charge is 0.160 e. The van der Waals surface area contributed by atoms with Crippen molar-refractivity contribution in [3.63, 3.8) is 0 Å². The van der Waals surface area contributed by atoms with E-state index in [0.29, 0.717) is 5.82 Å². The number of nitrogens with zero attached hydrogens (tertiary/aromatic N) is 4. The lowest BCUT2D eigenvalue weighted by molar-refractivity contribution is 1.13. The average molecular weight is 665 g/mol. The first-order valence-corrected chi connectivity index (χ1v) is 17.6. The summed E-state index contributed by atoms with van der Waals surface area (Å²) in [7, 11) is 0. The van der Waals surface area contributed by atoms with Gasteiger partial charge in [0.05, 0.1) is 34.0 Å². The van der Waals surface area contributed by atoms with Gasteiger partial charge < -0.3 is 9.47 Å². The van der Waals surface area contributed by atoms with Crippen LogP contribution >= 0.6 is 0 Å². The SMILES string of the molecule is c1ccc(-c2cc(-c3ccccc3)nc(-c3ccc(N4c5ccccc5-c5c(n(-c6ccccc6)c6ccccc56)-c5ccccc54)cc3)n2)cc1. The van der Waals surface area contributed by atoms with Gasteiger partial charge in [0.25, 0.3) is 0 Å². The zero-order valence-corrected chi connectivity index (χ0v) is 28.3. The Labute approximate surface area is 302 Å². The molecule has 3 heterocycles. The molecular weight excluding hydrogens is 633 g/mol. The van der Waals surface area contributed by atoms with Gasteiger partial charge in [0.2, 0.25) is 0 Å². The second-order valence-electron chi connectivity index (χ2n) is 13.0. The molecule has 7 aromatic carbocycles. The number of fused-ring (bicyclic) bond motifs is 7. The van der Waals surface area contributed by atoms with Crippen molar-refractivity contribution < 1.29 is 0 Å². The Bertz CT molecular complexity index is 2660. The molecule has 244 valence electrons. The lowest BCUT2D eigenvalue weighted by Gasteiger charge is -2.27. The van der Waals surface area contributed by atoms with Crippen molar-refractivity contribution in [1.82, 2.24) is 14.5 Å². The second kappa shape index (κ2) is 12.4. The molecule has 52 heavy (non-hydrogen) atoms. The third-order valence-electron chi connectivity index (χ3n) is 9.95. The first-order valence-electron chi connectivity index (χ1n) is 17.6. The fourth-order valence-electron chi connectivity index (χ4n) is 7.62. The molecule has 0 saturated carbocycles. The molecule has 10 rings (SSSR count). The van der Waals surface area contributed by atoms with Crippen molar-refractivity contribution in [3.05, 3.63) is 194 Å². The predicted octanol–water partition coefficient (Wildman–Crippen LogP) is 12.5. The van der Waals surface area contributed by atoms with Crippen molar-refractivity contribution in [1.29, 1.82) is 0 Å². The van der Waals surface area contributed by atoms with Crippen LogP contribution in [-0.2, 0) is 0 Å². The molecular formula is C48H32N4. The first kappa shape index (κ1) is 29.8. The van der Waals surface area contributed by atoms with Crippen molar-refractivity contribution in [2.75, 3.05) is 4.90 Å². The van der Waals surface area contributed by atoms with Gasteiger partial charge in [0.1, 0.15) is 0 Å². The molecule has 9 aromatic rings. The van der Waals surface area contributed by atoms with Gasteiger partial charge >= 0.3 is 0 Å². The summed E-state index contributed by atoms with van der Waals surface area (Å²) >= 11 is 0. The van der Waals surface area contributed by atoms with Crippen LogP contribution in [-0.4, -0.2) is 14.5 Å². The quantitative estimate of drug-likeness (QED) is 0.184. The van der Waals surface area contributed by atoms with Gasteiger partial charge in [-0.1, -0.05) is 133 Å². The van der Waals surface area contributed by atoms with Crippen molar-refractivity contribution in [2.45, 2.75) is 0 Å². The van der Waals surface area contributed by atoms with E-state index in [1.165, 1.54) is 33.3 Å². The normalized spacial score (nSPS) is 11.8. The third-order valence-corrected chi connectivity index (χ3v) is 9.95. The summed E-state index contributed by atoms with van der Waals surface area (Å²) in [4.78, 5) is 12.6. The van der Waals surface area contributed by atoms with Crippen LogP contribution in [0.3, 0.4) is 0 Å². The Morgan fingerprint density at radius 1 is 0.385 bits per heavy atom. The molecule has 1 aliphatic heterocycles. The van der Waals surface area contributed by atoms with E-state index in [1.807, 2.05) is 36.4 Å². The van der Waals surface area contributed by atoms with Gasteiger partial charge in [-0.25, -0.2) is 9.97 Å². The van der Waals surface area contributed by atoms with Crippen molar-refractivity contribution >= 4 is 28.0 Å². The molecule has 4 heteroatoms. The van der Waals surface area contributed by atoms with Crippen LogP contribution in [0.15, 0.2) is 194 Å². The Balaban J connectivity index is 1.16. The number of hydrogen-bond acceptors (Lipinski definition) is 3. The molecule has 2 aromatic heterocycles. The molecule has 0 N–H and O–H groups in total. The van der Waals surface area contributed by atoms with E-state index in [2.05, 4.69) is 167 Å². The number of anilines is 3. The fraction of sp³-hybridized carbons (Fsp3) is 0. The number of benzene rings is 7. The highest BCUT2D eigenvalue weighted by atomic mass is 15.2. The summed E-state index contributed by atoms with van der Waals surface area (Å²) in [5.74, 6) is 0.694. The van der Waals surface area contributed by atoms with E-state index >= 15 is 0 Å². The average Bonchev–Trinajstić information content (AvgIpc) is 3.51. The van der Waals surface area contributed by atoms with Crippen molar-refractivity contribution in [3.8, 4) is 62.0 Å². The van der Waals surface area contributed by atoms with Crippen LogP contribution in [0.2, 0.25) is 0 Å². The number of rotatable bonds is 5. The Hall–Kier alpha value is -7.04. The molecule has 1 aliphatic rings. The minimum absolute atomic E-state index is 0.694. The maximum absolute atomic E-state index is 5.09. The summed E-state index contributed by atoms with van der Waals surface area (Å²) in [5.41, 5.74) is 15.3. The summed E-state index contributed by atoms with van der Waals surface area (Å²) in [6.07, 6.45) is 0. The van der Waals surface area contributed by atoms with E-state index in [1.54, 1.807) is 0 Å². The maximum atomic E-state index is 5.09. The highest BCUT2D eigenvalue weighted by Crippen LogP contribution is 2.54. The largest absolute Gasteiger partial charge is 0.309 e. The summed E-state index contributed by atoms with van der Waals surface area (Å²) in [6.45, 7) is 0. The molecule has 0 unspecified atom stereocenters.